The van der Waals surface area contributed by atoms with Crippen LogP contribution in [0.15, 0.2) is 273 Å². The Labute approximate surface area is 381 Å². The molecule has 65 heavy (non-hydrogen) atoms. The highest BCUT2D eigenvalue weighted by Crippen LogP contribution is 2.50. The van der Waals surface area contributed by atoms with Crippen LogP contribution in [-0.4, -0.2) is 0 Å². The summed E-state index contributed by atoms with van der Waals surface area (Å²) in [6.45, 7) is 0. The topological polar surface area (TPSA) is 3.24 Å². The summed E-state index contributed by atoms with van der Waals surface area (Å²) in [6, 6.07) is 98.9. The first-order valence-electron chi connectivity index (χ1n) is 22.3. The lowest BCUT2D eigenvalue weighted by Gasteiger charge is -2.31. The van der Waals surface area contributed by atoms with Crippen LogP contribution in [0.1, 0.15) is 0 Å². The Bertz CT molecular complexity index is 3370. The molecule has 0 aliphatic carbocycles. The average Bonchev–Trinajstić information content (AvgIpc) is 3.40. The van der Waals surface area contributed by atoms with Crippen molar-refractivity contribution in [2.45, 2.75) is 0 Å². The van der Waals surface area contributed by atoms with Crippen LogP contribution in [0.4, 0.5) is 17.1 Å². The van der Waals surface area contributed by atoms with Crippen LogP contribution < -0.4 is 4.90 Å². The van der Waals surface area contributed by atoms with Gasteiger partial charge in [-0.15, -0.1) is 0 Å². The Morgan fingerprint density at radius 3 is 1.22 bits per heavy atom. The summed E-state index contributed by atoms with van der Waals surface area (Å²) in [4.78, 5) is 2.47. The van der Waals surface area contributed by atoms with Crippen LogP contribution >= 0.6 is 0 Å². The zero-order chi connectivity index (χ0) is 43.4. The predicted octanol–water partition coefficient (Wildman–Crippen LogP) is 18.0. The minimum Gasteiger partial charge on any atom is -0.309 e. The largest absolute Gasteiger partial charge is 0.309 e. The van der Waals surface area contributed by atoms with Crippen molar-refractivity contribution in [1.82, 2.24) is 0 Å². The molecule has 306 valence electrons. The second kappa shape index (κ2) is 17.7. The summed E-state index contributed by atoms with van der Waals surface area (Å²) >= 11 is 0. The van der Waals surface area contributed by atoms with E-state index in [1.165, 1.54) is 72.0 Å². The lowest BCUT2D eigenvalue weighted by Crippen LogP contribution is -2.13. The molecule has 1 nitrogen and oxygen atoms in total. The van der Waals surface area contributed by atoms with Gasteiger partial charge in [0.2, 0.25) is 0 Å². The maximum atomic E-state index is 2.47. The number of hydrogen-bond donors (Lipinski definition) is 0. The van der Waals surface area contributed by atoms with E-state index in [9.17, 15) is 0 Å². The standard InChI is InChI=1S/C64H45N/c1-4-17-46(18-5-1)48-35-38-54(39-36-48)59-26-14-15-29-62(59)65(57-43-41-50(42-44-57)49-31-33-51(34-32-49)56-40-37-47-19-10-11-24-55(47)45-56)63-30-16-28-60(53-22-8-3-9-23-53)64(63)61-27-13-12-25-58(61)52-20-6-2-7-21-52/h1-45H. The number of anilines is 3. The zero-order valence-electron chi connectivity index (χ0n) is 35.9. The molecule has 0 saturated heterocycles. The molecular formula is C64H45N. The lowest BCUT2D eigenvalue weighted by atomic mass is 9.87. The van der Waals surface area contributed by atoms with Crippen molar-refractivity contribution < 1.29 is 0 Å². The molecule has 0 amide bonds. The molecule has 0 aliphatic rings. The Morgan fingerprint density at radius 2 is 0.585 bits per heavy atom. The minimum atomic E-state index is 1.07. The van der Waals surface area contributed by atoms with Gasteiger partial charge < -0.3 is 4.90 Å². The number of rotatable bonds is 10. The van der Waals surface area contributed by atoms with E-state index in [2.05, 4.69) is 278 Å². The third-order valence-electron chi connectivity index (χ3n) is 12.5. The minimum absolute atomic E-state index is 1.07. The van der Waals surface area contributed by atoms with Crippen molar-refractivity contribution in [3.05, 3.63) is 273 Å². The molecule has 0 heterocycles. The third kappa shape index (κ3) is 7.93. The van der Waals surface area contributed by atoms with E-state index in [4.69, 9.17) is 0 Å². The first-order chi connectivity index (χ1) is 32.2. The predicted molar refractivity (Wildman–Crippen MR) is 277 cm³/mol. The molecule has 0 radical (unpaired) electrons. The second-order valence-electron chi connectivity index (χ2n) is 16.5. The molecule has 0 N–H and O–H groups in total. The van der Waals surface area contributed by atoms with Crippen molar-refractivity contribution in [3.63, 3.8) is 0 Å². The molecule has 11 aromatic carbocycles. The van der Waals surface area contributed by atoms with Gasteiger partial charge in [-0.2, -0.15) is 0 Å². The van der Waals surface area contributed by atoms with Gasteiger partial charge in [0.25, 0.3) is 0 Å². The fourth-order valence-corrected chi connectivity index (χ4v) is 9.26. The van der Waals surface area contributed by atoms with Crippen molar-refractivity contribution >= 4 is 27.8 Å². The van der Waals surface area contributed by atoms with E-state index in [0.717, 1.165) is 33.8 Å². The number of hydrogen-bond acceptors (Lipinski definition) is 1. The number of nitrogens with zero attached hydrogens (tertiary/aromatic N) is 1. The molecule has 0 bridgehead atoms. The van der Waals surface area contributed by atoms with Crippen LogP contribution in [0, 0.1) is 0 Å². The molecule has 0 fully saturated rings. The van der Waals surface area contributed by atoms with Gasteiger partial charge in [0.1, 0.15) is 0 Å². The third-order valence-corrected chi connectivity index (χ3v) is 12.5. The SMILES string of the molecule is c1ccc(-c2ccc(-c3ccccc3N(c3ccc(-c4ccc(-c5ccc6ccccc6c5)cc4)cc3)c3cccc(-c4ccccc4)c3-c3ccccc3-c3ccccc3)cc2)cc1. The quantitative estimate of drug-likeness (QED) is 0.133. The van der Waals surface area contributed by atoms with Crippen LogP contribution in [0.25, 0.3) is 88.7 Å². The molecule has 0 spiro atoms. The van der Waals surface area contributed by atoms with E-state index in [-0.39, 0.29) is 0 Å². The Kier molecular flexibility index (Phi) is 10.7. The van der Waals surface area contributed by atoms with Crippen molar-refractivity contribution in [2.75, 3.05) is 4.90 Å². The van der Waals surface area contributed by atoms with Crippen molar-refractivity contribution in [1.29, 1.82) is 0 Å². The average molecular weight is 828 g/mol. The summed E-state index contributed by atoms with van der Waals surface area (Å²) in [5, 5.41) is 2.51. The smallest absolute Gasteiger partial charge is 0.0546 e. The van der Waals surface area contributed by atoms with Gasteiger partial charge in [0, 0.05) is 16.8 Å². The van der Waals surface area contributed by atoms with E-state index < -0.39 is 0 Å². The second-order valence-corrected chi connectivity index (χ2v) is 16.5. The van der Waals surface area contributed by atoms with Crippen molar-refractivity contribution in [2.24, 2.45) is 0 Å². The van der Waals surface area contributed by atoms with Crippen LogP contribution in [0.2, 0.25) is 0 Å². The van der Waals surface area contributed by atoms with E-state index in [1.54, 1.807) is 0 Å². The van der Waals surface area contributed by atoms with Gasteiger partial charge in [-0.3, -0.25) is 0 Å². The maximum absolute atomic E-state index is 2.47. The molecule has 0 atom stereocenters. The summed E-state index contributed by atoms with van der Waals surface area (Å²) < 4.78 is 0. The Morgan fingerprint density at radius 1 is 0.200 bits per heavy atom. The summed E-state index contributed by atoms with van der Waals surface area (Å²) in [5.74, 6) is 0. The van der Waals surface area contributed by atoms with Crippen LogP contribution in [0.3, 0.4) is 0 Å². The van der Waals surface area contributed by atoms with Gasteiger partial charge in [0.15, 0.2) is 0 Å². The molecule has 11 rings (SSSR count). The van der Waals surface area contributed by atoms with E-state index in [0.29, 0.717) is 0 Å². The number of para-hydroxylation sites is 1. The fourth-order valence-electron chi connectivity index (χ4n) is 9.26. The van der Waals surface area contributed by atoms with Crippen molar-refractivity contribution in [3.8, 4) is 77.9 Å². The normalized spacial score (nSPS) is 11.1. The molecule has 0 saturated carbocycles. The maximum Gasteiger partial charge on any atom is 0.0546 e. The summed E-state index contributed by atoms with van der Waals surface area (Å²) in [5.41, 5.74) is 19.8. The monoisotopic (exact) mass is 827 g/mol. The highest BCUT2D eigenvalue weighted by atomic mass is 15.1. The molecular weight excluding hydrogens is 783 g/mol. The van der Waals surface area contributed by atoms with E-state index in [1.807, 2.05) is 0 Å². The van der Waals surface area contributed by atoms with Gasteiger partial charge in [-0.05, 0) is 108 Å². The number of benzene rings is 11. The molecule has 1 heteroatoms. The van der Waals surface area contributed by atoms with Gasteiger partial charge in [-0.1, -0.05) is 243 Å². The number of fused-ring (bicyclic) bond motifs is 1. The molecule has 0 unspecified atom stereocenters. The van der Waals surface area contributed by atoms with Crippen LogP contribution in [0.5, 0.6) is 0 Å². The van der Waals surface area contributed by atoms with Crippen LogP contribution in [-0.2, 0) is 0 Å². The van der Waals surface area contributed by atoms with Gasteiger partial charge >= 0.3 is 0 Å². The summed E-state index contributed by atoms with van der Waals surface area (Å²) in [6.07, 6.45) is 0. The first-order valence-corrected chi connectivity index (χ1v) is 22.3. The summed E-state index contributed by atoms with van der Waals surface area (Å²) in [7, 11) is 0. The van der Waals surface area contributed by atoms with Gasteiger partial charge in [-0.25, -0.2) is 0 Å². The van der Waals surface area contributed by atoms with Gasteiger partial charge in [0.05, 0.1) is 11.4 Å². The molecule has 11 aromatic rings. The lowest BCUT2D eigenvalue weighted by molar-refractivity contribution is 1.28. The zero-order valence-corrected chi connectivity index (χ0v) is 35.9. The van der Waals surface area contributed by atoms with E-state index >= 15 is 0 Å². The highest BCUT2D eigenvalue weighted by Gasteiger charge is 2.24. The molecule has 0 aliphatic heterocycles. The Balaban J connectivity index is 1.08. The fraction of sp³-hybridized carbons (Fsp3) is 0. The Hall–Kier alpha value is -8.52. The molecule has 0 aromatic heterocycles. The highest BCUT2D eigenvalue weighted by molar-refractivity contribution is 6.02. The first kappa shape index (κ1) is 39.3.